The molecule has 0 aliphatic carbocycles. The van der Waals surface area contributed by atoms with E-state index in [1.165, 1.54) is 18.2 Å². The molecule has 190 valence electrons. The van der Waals surface area contributed by atoms with Crippen molar-refractivity contribution < 1.29 is 32.6 Å². The molecule has 2 atom stereocenters. The van der Waals surface area contributed by atoms with Gasteiger partial charge in [0.2, 0.25) is 0 Å². The lowest BCUT2D eigenvalue weighted by Gasteiger charge is -2.39. The number of benzene rings is 2. The highest BCUT2D eigenvalue weighted by Crippen LogP contribution is 2.35. The minimum atomic E-state index is -2.98. The number of rotatable bonds is 9. The maximum atomic E-state index is 12.7. The highest BCUT2D eigenvalue weighted by Gasteiger charge is 2.35. The third kappa shape index (κ3) is 5.71. The van der Waals surface area contributed by atoms with Crippen molar-refractivity contribution in [2.75, 3.05) is 12.4 Å². The first-order valence-electron chi connectivity index (χ1n) is 11.1. The number of nitrogens with one attached hydrogen (secondary N) is 3. The first kappa shape index (κ1) is 24.9. The molecule has 1 aliphatic rings. The summed E-state index contributed by atoms with van der Waals surface area (Å²) in [5.41, 5.74) is 5.47. The Labute approximate surface area is 205 Å². The SMILES string of the molecule is CCC1OC(=O)N(Cc2ccc(NC(=O)c3cc[nH]n3)cc2)NC1c1ccc(OC(F)F)c(OC)c1. The molecule has 1 aromatic heterocycles. The van der Waals surface area contributed by atoms with Crippen LogP contribution in [0, 0.1) is 0 Å². The fourth-order valence-corrected chi connectivity index (χ4v) is 3.81. The number of carbonyl (C=O) groups excluding carboxylic acids is 2. The van der Waals surface area contributed by atoms with Gasteiger partial charge in [-0.3, -0.25) is 9.89 Å². The molecular weight excluding hydrogens is 476 g/mol. The molecule has 2 unspecified atom stereocenters. The number of anilines is 1. The number of hydrogen-bond acceptors (Lipinski definition) is 7. The molecule has 36 heavy (non-hydrogen) atoms. The van der Waals surface area contributed by atoms with Crippen LogP contribution in [0.3, 0.4) is 0 Å². The van der Waals surface area contributed by atoms with Gasteiger partial charge in [-0.2, -0.15) is 13.9 Å². The Morgan fingerprint density at radius 2 is 1.97 bits per heavy atom. The number of aromatic nitrogens is 2. The Kier molecular flexibility index (Phi) is 7.64. The Balaban J connectivity index is 1.46. The summed E-state index contributed by atoms with van der Waals surface area (Å²) in [4.78, 5) is 24.8. The van der Waals surface area contributed by atoms with Gasteiger partial charge in [0.05, 0.1) is 19.7 Å². The topological polar surface area (TPSA) is 118 Å². The molecule has 1 fully saturated rings. The van der Waals surface area contributed by atoms with E-state index in [2.05, 4.69) is 25.7 Å². The summed E-state index contributed by atoms with van der Waals surface area (Å²) in [5, 5.41) is 10.5. The van der Waals surface area contributed by atoms with Crippen LogP contribution in [0.15, 0.2) is 54.7 Å². The van der Waals surface area contributed by atoms with E-state index in [4.69, 9.17) is 9.47 Å². The molecule has 3 aromatic rings. The van der Waals surface area contributed by atoms with Gasteiger partial charge in [-0.1, -0.05) is 25.1 Å². The molecule has 4 rings (SSSR count). The van der Waals surface area contributed by atoms with Gasteiger partial charge in [-0.15, -0.1) is 0 Å². The van der Waals surface area contributed by atoms with Crippen LogP contribution < -0.4 is 20.2 Å². The molecule has 0 bridgehead atoms. The number of aromatic amines is 1. The molecule has 3 N–H and O–H groups in total. The maximum Gasteiger partial charge on any atom is 0.424 e. The molecule has 0 saturated carbocycles. The molecule has 1 aliphatic heterocycles. The van der Waals surface area contributed by atoms with Gasteiger partial charge in [0.1, 0.15) is 11.8 Å². The summed E-state index contributed by atoms with van der Waals surface area (Å²) >= 11 is 0. The van der Waals surface area contributed by atoms with Gasteiger partial charge >= 0.3 is 12.7 Å². The lowest BCUT2D eigenvalue weighted by Crippen LogP contribution is -2.54. The number of alkyl halides is 2. The summed E-state index contributed by atoms with van der Waals surface area (Å²) < 4.78 is 40.7. The Morgan fingerprint density at radius 3 is 2.61 bits per heavy atom. The minimum absolute atomic E-state index is 0.0894. The summed E-state index contributed by atoms with van der Waals surface area (Å²) in [6.45, 7) is -0.921. The first-order valence-corrected chi connectivity index (χ1v) is 11.1. The van der Waals surface area contributed by atoms with Crippen molar-refractivity contribution in [1.29, 1.82) is 0 Å². The Hall–Kier alpha value is -4.19. The third-order valence-electron chi connectivity index (χ3n) is 5.59. The van der Waals surface area contributed by atoms with Gasteiger partial charge < -0.3 is 19.5 Å². The minimum Gasteiger partial charge on any atom is -0.493 e. The molecule has 0 spiro atoms. The number of carbonyl (C=O) groups is 2. The monoisotopic (exact) mass is 501 g/mol. The zero-order chi connectivity index (χ0) is 25.7. The van der Waals surface area contributed by atoms with Crippen LogP contribution in [0.4, 0.5) is 19.3 Å². The summed E-state index contributed by atoms with van der Waals surface area (Å²) in [7, 11) is 1.36. The Morgan fingerprint density at radius 1 is 1.19 bits per heavy atom. The van der Waals surface area contributed by atoms with E-state index < -0.39 is 24.9 Å². The zero-order valence-corrected chi connectivity index (χ0v) is 19.5. The molecule has 0 radical (unpaired) electrons. The van der Waals surface area contributed by atoms with Crippen molar-refractivity contribution >= 4 is 17.7 Å². The fourth-order valence-electron chi connectivity index (χ4n) is 3.81. The van der Waals surface area contributed by atoms with E-state index in [9.17, 15) is 18.4 Å². The number of nitrogens with zero attached hydrogens (tertiary/aromatic N) is 2. The summed E-state index contributed by atoms with van der Waals surface area (Å²) in [6.07, 6.45) is 1.05. The summed E-state index contributed by atoms with van der Waals surface area (Å²) in [6, 6.07) is 12.7. The molecule has 1 saturated heterocycles. The van der Waals surface area contributed by atoms with Gasteiger partial charge in [0, 0.05) is 11.9 Å². The maximum absolute atomic E-state index is 12.7. The first-order chi connectivity index (χ1) is 17.4. The smallest absolute Gasteiger partial charge is 0.424 e. The number of hydrazine groups is 1. The van der Waals surface area contributed by atoms with Crippen molar-refractivity contribution in [3.8, 4) is 11.5 Å². The number of hydrogen-bond donors (Lipinski definition) is 3. The van der Waals surface area contributed by atoms with Gasteiger partial charge in [-0.25, -0.2) is 15.2 Å². The lowest BCUT2D eigenvalue weighted by atomic mass is 9.99. The van der Waals surface area contributed by atoms with E-state index in [1.807, 2.05) is 6.92 Å². The van der Waals surface area contributed by atoms with E-state index in [1.54, 1.807) is 48.7 Å². The number of amides is 2. The quantitative estimate of drug-likeness (QED) is 0.401. The number of cyclic esters (lactones) is 1. The fraction of sp³-hybridized carbons (Fsp3) is 0.292. The van der Waals surface area contributed by atoms with Gasteiger partial charge in [-0.05, 0) is 47.9 Å². The molecular formula is C24H25F2N5O5. The number of methoxy groups -OCH3 is 1. The van der Waals surface area contributed by atoms with Crippen LogP contribution in [0.5, 0.6) is 11.5 Å². The predicted molar refractivity (Wildman–Crippen MR) is 125 cm³/mol. The van der Waals surface area contributed by atoms with Crippen molar-refractivity contribution in [3.63, 3.8) is 0 Å². The van der Waals surface area contributed by atoms with Crippen LogP contribution in [0.25, 0.3) is 0 Å². The lowest BCUT2D eigenvalue weighted by molar-refractivity contribution is -0.0514. The molecule has 2 amide bonds. The highest BCUT2D eigenvalue weighted by molar-refractivity contribution is 6.02. The molecule has 10 nitrogen and oxygen atoms in total. The normalized spacial score (nSPS) is 17.6. The van der Waals surface area contributed by atoms with E-state index in [0.29, 0.717) is 17.7 Å². The molecule has 2 aromatic carbocycles. The van der Waals surface area contributed by atoms with Gasteiger partial charge in [0.15, 0.2) is 11.5 Å². The second kappa shape index (κ2) is 11.0. The number of ether oxygens (including phenoxy) is 3. The Bertz CT molecular complexity index is 1190. The average molecular weight is 501 g/mol. The largest absolute Gasteiger partial charge is 0.493 e. The van der Waals surface area contributed by atoms with Gasteiger partial charge in [0.25, 0.3) is 5.91 Å². The van der Waals surface area contributed by atoms with Crippen LogP contribution in [0.1, 0.15) is 41.0 Å². The summed E-state index contributed by atoms with van der Waals surface area (Å²) in [5.74, 6) is -0.298. The van der Waals surface area contributed by atoms with Crippen LogP contribution in [-0.2, 0) is 11.3 Å². The molecule has 12 heteroatoms. The van der Waals surface area contributed by atoms with Crippen molar-refractivity contribution in [2.45, 2.75) is 38.6 Å². The van der Waals surface area contributed by atoms with E-state index in [0.717, 1.165) is 5.56 Å². The number of halogens is 2. The van der Waals surface area contributed by atoms with Crippen LogP contribution in [-0.4, -0.2) is 47.0 Å². The zero-order valence-electron chi connectivity index (χ0n) is 19.5. The second-order valence-electron chi connectivity index (χ2n) is 7.92. The number of H-pyrrole nitrogens is 1. The third-order valence-corrected chi connectivity index (χ3v) is 5.59. The second-order valence-corrected chi connectivity index (χ2v) is 7.92. The standard InChI is InChI=1S/C24H25F2N5O5/c1-3-18-21(15-6-9-19(35-23(25)26)20(12-15)34-2)30-31(24(33)36-18)13-14-4-7-16(8-5-14)28-22(32)17-10-11-27-29-17/h4-12,18,21,23,30H,3,13H2,1-2H3,(H,27,29)(H,28,32). The van der Waals surface area contributed by atoms with Crippen molar-refractivity contribution in [2.24, 2.45) is 0 Å². The average Bonchev–Trinajstić information content (AvgIpc) is 3.41. The van der Waals surface area contributed by atoms with Crippen LogP contribution in [0.2, 0.25) is 0 Å². The van der Waals surface area contributed by atoms with E-state index in [-0.39, 0.29) is 29.6 Å². The van der Waals surface area contributed by atoms with Crippen LogP contribution >= 0.6 is 0 Å². The highest BCUT2D eigenvalue weighted by atomic mass is 19.3. The van der Waals surface area contributed by atoms with E-state index >= 15 is 0 Å². The molecule has 2 heterocycles. The van der Waals surface area contributed by atoms with Crippen molar-refractivity contribution in [3.05, 3.63) is 71.5 Å². The predicted octanol–water partition coefficient (Wildman–Crippen LogP) is 4.25. The van der Waals surface area contributed by atoms with Crippen molar-refractivity contribution in [1.82, 2.24) is 20.6 Å².